The predicted octanol–water partition coefficient (Wildman–Crippen LogP) is 2.48. The molecule has 3 N–H and O–H groups in total. The van der Waals surface area contributed by atoms with Crippen LogP contribution in [0.2, 0.25) is 0 Å². The highest BCUT2D eigenvalue weighted by Crippen LogP contribution is 2.08. The molecule has 0 aliphatic carbocycles. The van der Waals surface area contributed by atoms with E-state index in [0.717, 1.165) is 17.5 Å². The molecule has 1 atom stereocenters. The van der Waals surface area contributed by atoms with Crippen molar-refractivity contribution in [3.05, 3.63) is 65.7 Å². The highest BCUT2D eigenvalue weighted by atomic mass is 35.5. The standard InChI is InChI=1S/C11H14ClNO2S.C7H8O3S/c12-8-11(16(14)15)10(13)7-6-9-4-2-1-3-5-9;1-6-2-4-7(5-3-6)11(8,9)10/h1-5,10H,6-8,13H2;2-5H,1H3,(H,8,9,10)/t10-;/m0./s1. The van der Waals surface area contributed by atoms with E-state index >= 15 is 0 Å². The molecule has 0 fully saturated rings. The SMILES string of the molecule is Cc1ccc(S(=O)(=O)O)cc1.N[C@@H](CCc1ccccc1)C(CCl)=S(=O)=O. The minimum absolute atomic E-state index is 0.0356. The summed E-state index contributed by atoms with van der Waals surface area (Å²) >= 11 is 5.53. The molecule has 0 unspecified atom stereocenters. The Bertz CT molecular complexity index is 949. The van der Waals surface area contributed by atoms with E-state index in [4.69, 9.17) is 21.9 Å². The van der Waals surface area contributed by atoms with Gasteiger partial charge >= 0.3 is 0 Å². The molecular weight excluding hydrogens is 410 g/mol. The van der Waals surface area contributed by atoms with Gasteiger partial charge in [0.15, 0.2) is 0 Å². The number of halogens is 1. The highest BCUT2D eigenvalue weighted by molar-refractivity contribution is 7.85. The zero-order valence-electron chi connectivity index (χ0n) is 14.7. The van der Waals surface area contributed by atoms with Crippen LogP contribution in [0, 0.1) is 6.92 Å². The molecule has 6 nitrogen and oxygen atoms in total. The van der Waals surface area contributed by atoms with E-state index in [2.05, 4.69) is 0 Å². The minimum Gasteiger partial charge on any atom is -0.323 e. The van der Waals surface area contributed by atoms with Gasteiger partial charge in [-0.05, 0) is 37.5 Å². The maximum atomic E-state index is 10.8. The number of hydrogen-bond donors (Lipinski definition) is 2. The monoisotopic (exact) mass is 431 g/mol. The van der Waals surface area contributed by atoms with Gasteiger partial charge in [0, 0.05) is 6.04 Å². The molecule has 0 spiro atoms. The Kier molecular flexibility index (Phi) is 9.68. The molecule has 0 aliphatic heterocycles. The molecule has 0 aromatic heterocycles. The first kappa shape index (κ1) is 23.3. The Morgan fingerprint density at radius 1 is 1.11 bits per heavy atom. The molecule has 0 bridgehead atoms. The van der Waals surface area contributed by atoms with E-state index in [1.54, 1.807) is 12.1 Å². The number of nitrogens with two attached hydrogens (primary N) is 1. The molecule has 0 aliphatic rings. The third-order valence-corrected chi connectivity index (χ3v) is 5.85. The van der Waals surface area contributed by atoms with Crippen LogP contribution in [-0.4, -0.2) is 38.2 Å². The van der Waals surface area contributed by atoms with E-state index < -0.39 is 26.5 Å². The lowest BCUT2D eigenvalue weighted by atomic mass is 10.0. The van der Waals surface area contributed by atoms with Crippen LogP contribution in [0.3, 0.4) is 0 Å². The van der Waals surface area contributed by atoms with Gasteiger partial charge in [-0.25, -0.2) is 0 Å². The fourth-order valence-electron chi connectivity index (χ4n) is 2.11. The predicted molar refractivity (Wildman–Crippen MR) is 108 cm³/mol. The normalized spacial score (nSPS) is 11.9. The quantitative estimate of drug-likeness (QED) is 0.412. The lowest BCUT2D eigenvalue weighted by molar-refractivity contribution is 0.483. The van der Waals surface area contributed by atoms with Crippen molar-refractivity contribution in [3.63, 3.8) is 0 Å². The molecule has 2 rings (SSSR count). The lowest BCUT2D eigenvalue weighted by Gasteiger charge is -2.09. The number of hydrogen-bond acceptors (Lipinski definition) is 5. The van der Waals surface area contributed by atoms with Crippen LogP contribution in [0.5, 0.6) is 0 Å². The summed E-state index contributed by atoms with van der Waals surface area (Å²) in [4.78, 5) is 0.112. The van der Waals surface area contributed by atoms with Gasteiger partial charge < -0.3 is 5.73 Å². The molecule has 148 valence electrons. The summed E-state index contributed by atoms with van der Waals surface area (Å²) < 4.78 is 51.1. The summed E-state index contributed by atoms with van der Waals surface area (Å²) in [6.45, 7) is 1.84. The number of alkyl halides is 1. The molecule has 0 saturated carbocycles. The molecule has 9 heteroatoms. The van der Waals surface area contributed by atoms with Gasteiger partial charge in [0.1, 0.15) is 0 Å². The Balaban J connectivity index is 0.000000289. The number of aryl methyl sites for hydroxylation is 2. The van der Waals surface area contributed by atoms with E-state index in [9.17, 15) is 16.8 Å². The van der Waals surface area contributed by atoms with Crippen LogP contribution in [0.15, 0.2) is 59.5 Å². The molecule has 27 heavy (non-hydrogen) atoms. The second-order valence-corrected chi connectivity index (χ2v) is 8.44. The van der Waals surface area contributed by atoms with Crippen LogP contribution < -0.4 is 5.73 Å². The van der Waals surface area contributed by atoms with Crippen molar-refractivity contribution in [1.82, 2.24) is 0 Å². The van der Waals surface area contributed by atoms with Crippen molar-refractivity contribution in [1.29, 1.82) is 0 Å². The first-order chi connectivity index (χ1) is 12.6. The second kappa shape index (κ2) is 11.2. The van der Waals surface area contributed by atoms with E-state index in [1.165, 1.54) is 12.1 Å². The molecule has 2 aromatic carbocycles. The average molecular weight is 432 g/mol. The Labute approximate surface area is 166 Å². The third kappa shape index (κ3) is 8.68. The topological polar surface area (TPSA) is 115 Å². The lowest BCUT2D eigenvalue weighted by Crippen LogP contribution is -2.32. The Hall–Kier alpha value is -1.71. The largest absolute Gasteiger partial charge is 0.323 e. The molecule has 0 saturated heterocycles. The minimum atomic E-state index is -4.02. The van der Waals surface area contributed by atoms with Gasteiger partial charge in [0.2, 0.25) is 10.3 Å². The first-order valence-electron chi connectivity index (χ1n) is 7.99. The summed E-state index contributed by atoms with van der Waals surface area (Å²) in [5, 5.41) is 0. The zero-order valence-corrected chi connectivity index (χ0v) is 17.1. The van der Waals surface area contributed by atoms with Crippen molar-refractivity contribution in [2.75, 3.05) is 5.88 Å². The third-order valence-electron chi connectivity index (χ3n) is 3.67. The number of benzene rings is 2. The molecular formula is C18H22ClNO5S2. The maximum Gasteiger partial charge on any atom is 0.294 e. The maximum absolute atomic E-state index is 10.8. The van der Waals surface area contributed by atoms with Crippen LogP contribution in [-0.2, 0) is 26.8 Å². The van der Waals surface area contributed by atoms with Crippen molar-refractivity contribution in [3.8, 4) is 0 Å². The van der Waals surface area contributed by atoms with Gasteiger partial charge in [-0.15, -0.1) is 11.6 Å². The van der Waals surface area contributed by atoms with E-state index in [1.807, 2.05) is 37.3 Å². The molecule has 0 radical (unpaired) electrons. The summed E-state index contributed by atoms with van der Waals surface area (Å²) in [6, 6.07) is 15.3. The highest BCUT2D eigenvalue weighted by Gasteiger charge is 2.11. The van der Waals surface area contributed by atoms with Crippen molar-refractivity contribution < 1.29 is 21.4 Å². The fourth-order valence-corrected chi connectivity index (χ4v) is 3.50. The first-order valence-corrected chi connectivity index (χ1v) is 11.0. The smallest absolute Gasteiger partial charge is 0.294 e. The molecule has 0 amide bonds. The summed E-state index contributed by atoms with van der Waals surface area (Å²) in [5.41, 5.74) is 7.86. The Morgan fingerprint density at radius 2 is 1.67 bits per heavy atom. The van der Waals surface area contributed by atoms with Gasteiger partial charge in [-0.2, -0.15) is 16.8 Å². The van der Waals surface area contributed by atoms with Gasteiger partial charge in [0.25, 0.3) is 10.1 Å². The van der Waals surface area contributed by atoms with Crippen LogP contribution in [0.4, 0.5) is 0 Å². The molecule has 2 aromatic rings. The Morgan fingerprint density at radius 3 is 2.11 bits per heavy atom. The van der Waals surface area contributed by atoms with Crippen molar-refractivity contribution >= 4 is 36.9 Å². The van der Waals surface area contributed by atoms with E-state index in [-0.39, 0.29) is 15.6 Å². The van der Waals surface area contributed by atoms with Gasteiger partial charge in [-0.3, -0.25) is 4.55 Å². The van der Waals surface area contributed by atoms with Crippen LogP contribution in [0.1, 0.15) is 17.5 Å². The number of rotatable bonds is 6. The summed E-state index contributed by atoms with van der Waals surface area (Å²) in [7, 11) is -6.30. The van der Waals surface area contributed by atoms with Crippen molar-refractivity contribution in [2.24, 2.45) is 5.73 Å². The van der Waals surface area contributed by atoms with E-state index in [0.29, 0.717) is 6.42 Å². The van der Waals surface area contributed by atoms with Crippen molar-refractivity contribution in [2.45, 2.75) is 30.7 Å². The summed E-state index contributed by atoms with van der Waals surface area (Å²) in [5.74, 6) is -0.0356. The molecule has 0 heterocycles. The average Bonchev–Trinajstić information content (AvgIpc) is 2.61. The van der Waals surface area contributed by atoms with Crippen LogP contribution >= 0.6 is 11.6 Å². The second-order valence-electron chi connectivity index (χ2n) is 5.75. The van der Waals surface area contributed by atoms with Crippen LogP contribution in [0.25, 0.3) is 0 Å². The van der Waals surface area contributed by atoms with Gasteiger partial charge in [-0.1, -0.05) is 48.0 Å². The van der Waals surface area contributed by atoms with Gasteiger partial charge in [0.05, 0.1) is 15.6 Å². The summed E-state index contributed by atoms with van der Waals surface area (Å²) in [6.07, 6.45) is 1.33. The zero-order chi connectivity index (χ0) is 20.4. The fraction of sp³-hybridized carbons (Fsp3) is 0.278.